The molecule has 4 heteroatoms. The van der Waals surface area contributed by atoms with Crippen LogP contribution in [0.2, 0.25) is 0 Å². The number of aliphatic hydroxyl groups is 1. The molecular weight excluding hydrogens is 336 g/mol. The quantitative estimate of drug-likeness (QED) is 0.876. The molecule has 2 atom stereocenters. The fraction of sp³-hybridized carbons (Fsp3) is 0.435. The van der Waals surface area contributed by atoms with Crippen LogP contribution in [0.4, 0.5) is 0 Å². The lowest BCUT2D eigenvalue weighted by atomic mass is 9.77. The highest BCUT2D eigenvalue weighted by Crippen LogP contribution is 2.35. The molecule has 27 heavy (non-hydrogen) atoms. The van der Waals surface area contributed by atoms with Crippen molar-refractivity contribution in [2.24, 2.45) is 0 Å². The molecule has 4 rings (SSSR count). The highest BCUT2D eigenvalue weighted by atomic mass is 16.3. The van der Waals surface area contributed by atoms with Gasteiger partial charge in [-0.3, -0.25) is 10.1 Å². The average molecular weight is 364 g/mol. The molecule has 1 spiro atoms. The zero-order valence-corrected chi connectivity index (χ0v) is 15.7. The van der Waals surface area contributed by atoms with Gasteiger partial charge in [0.25, 0.3) is 0 Å². The van der Waals surface area contributed by atoms with Crippen LogP contribution < -0.4 is 5.32 Å². The first-order valence-corrected chi connectivity index (χ1v) is 10.0. The monoisotopic (exact) mass is 364 g/mol. The van der Waals surface area contributed by atoms with Crippen molar-refractivity contribution in [3.05, 3.63) is 71.8 Å². The number of carbonyl (C=O) groups is 1. The highest BCUT2D eigenvalue weighted by Gasteiger charge is 2.50. The summed E-state index contributed by atoms with van der Waals surface area (Å²) >= 11 is 0. The van der Waals surface area contributed by atoms with Crippen molar-refractivity contribution in [1.29, 1.82) is 0 Å². The molecule has 1 aliphatic heterocycles. The second-order valence-electron chi connectivity index (χ2n) is 7.92. The van der Waals surface area contributed by atoms with E-state index in [4.69, 9.17) is 0 Å². The van der Waals surface area contributed by atoms with E-state index < -0.39 is 11.8 Å². The van der Waals surface area contributed by atoms with Crippen LogP contribution in [0.3, 0.4) is 0 Å². The largest absolute Gasteiger partial charge is 0.372 e. The molecule has 1 saturated heterocycles. The Morgan fingerprint density at radius 1 is 0.926 bits per heavy atom. The number of nitrogens with one attached hydrogen (secondary N) is 1. The van der Waals surface area contributed by atoms with Crippen LogP contribution >= 0.6 is 0 Å². The molecule has 142 valence electrons. The van der Waals surface area contributed by atoms with E-state index in [9.17, 15) is 9.90 Å². The van der Waals surface area contributed by atoms with Gasteiger partial charge in [0.2, 0.25) is 5.91 Å². The molecule has 1 aliphatic carbocycles. The molecule has 2 N–H and O–H groups in total. The first-order valence-electron chi connectivity index (χ1n) is 10.0. The zero-order valence-electron chi connectivity index (χ0n) is 15.7. The van der Waals surface area contributed by atoms with Crippen LogP contribution in [-0.4, -0.2) is 33.7 Å². The van der Waals surface area contributed by atoms with E-state index in [-0.39, 0.29) is 11.9 Å². The first-order chi connectivity index (χ1) is 13.2. The van der Waals surface area contributed by atoms with Gasteiger partial charge in [-0.1, -0.05) is 79.9 Å². The van der Waals surface area contributed by atoms with Crippen LogP contribution in [0, 0.1) is 0 Å². The number of piperazine rings is 1. The number of nitrogens with zero attached hydrogens (tertiary/aromatic N) is 1. The molecule has 1 heterocycles. The van der Waals surface area contributed by atoms with Gasteiger partial charge in [0, 0.05) is 6.54 Å². The summed E-state index contributed by atoms with van der Waals surface area (Å²) in [7, 11) is 0. The summed E-state index contributed by atoms with van der Waals surface area (Å²) in [4.78, 5) is 15.1. The van der Waals surface area contributed by atoms with E-state index in [0.717, 1.165) is 31.2 Å². The number of rotatable bonds is 4. The molecule has 0 unspecified atom stereocenters. The zero-order chi connectivity index (χ0) is 18.7. The van der Waals surface area contributed by atoms with Crippen molar-refractivity contribution in [2.45, 2.75) is 62.9 Å². The number of benzene rings is 2. The van der Waals surface area contributed by atoms with E-state index in [2.05, 4.69) is 17.4 Å². The van der Waals surface area contributed by atoms with E-state index in [1.807, 2.05) is 48.5 Å². The molecule has 0 aromatic heterocycles. The van der Waals surface area contributed by atoms with Gasteiger partial charge < -0.3 is 10.0 Å². The summed E-state index contributed by atoms with van der Waals surface area (Å²) in [6.07, 6.45) is 4.90. The van der Waals surface area contributed by atoms with Gasteiger partial charge in [-0.25, -0.2) is 0 Å². The second-order valence-corrected chi connectivity index (χ2v) is 7.92. The first kappa shape index (κ1) is 18.2. The minimum Gasteiger partial charge on any atom is -0.372 e. The Kier molecular flexibility index (Phi) is 5.28. The normalized spacial score (nSPS) is 24.9. The maximum Gasteiger partial charge on any atom is 0.245 e. The summed E-state index contributed by atoms with van der Waals surface area (Å²) in [5, 5.41) is 14.7. The maximum atomic E-state index is 13.4. The van der Waals surface area contributed by atoms with Crippen molar-refractivity contribution in [3.8, 4) is 0 Å². The van der Waals surface area contributed by atoms with E-state index in [1.54, 1.807) is 4.90 Å². The van der Waals surface area contributed by atoms with Crippen molar-refractivity contribution in [2.75, 3.05) is 0 Å². The summed E-state index contributed by atoms with van der Waals surface area (Å²) in [6, 6.07) is 20.0. The van der Waals surface area contributed by atoms with Gasteiger partial charge in [-0.2, -0.15) is 0 Å². The van der Waals surface area contributed by atoms with Crippen molar-refractivity contribution in [3.63, 3.8) is 0 Å². The number of carbonyl (C=O) groups excluding carboxylic acids is 1. The van der Waals surface area contributed by atoms with Crippen LogP contribution in [0.1, 0.15) is 43.2 Å². The standard InChI is InChI=1S/C23H28N2O2/c26-21-20(16-18-10-4-1-5-11-18)24-23(14-8-3-9-15-23)22(27)25(21)17-19-12-6-2-7-13-19/h1-2,4-7,10-13,20-21,24,26H,3,8-9,14-17H2/t20-,21-/m0/s1. The Morgan fingerprint density at radius 2 is 1.52 bits per heavy atom. The third kappa shape index (κ3) is 3.78. The van der Waals surface area contributed by atoms with Crippen LogP contribution in [0.5, 0.6) is 0 Å². The number of amides is 1. The summed E-state index contributed by atoms with van der Waals surface area (Å²) in [5.41, 5.74) is 1.70. The third-order valence-electron chi connectivity index (χ3n) is 6.01. The highest BCUT2D eigenvalue weighted by molar-refractivity contribution is 5.87. The van der Waals surface area contributed by atoms with E-state index in [1.165, 1.54) is 12.0 Å². The van der Waals surface area contributed by atoms with Crippen molar-refractivity contribution < 1.29 is 9.90 Å². The molecular formula is C23H28N2O2. The lowest BCUT2D eigenvalue weighted by Gasteiger charge is -2.50. The topological polar surface area (TPSA) is 52.6 Å². The Balaban J connectivity index is 1.62. The maximum absolute atomic E-state index is 13.4. The average Bonchev–Trinajstić information content (AvgIpc) is 2.72. The molecule has 0 bridgehead atoms. The second kappa shape index (κ2) is 7.83. The Labute approximate surface area is 161 Å². The van der Waals surface area contributed by atoms with Gasteiger partial charge in [0.15, 0.2) is 0 Å². The molecule has 2 fully saturated rings. The molecule has 1 amide bonds. The van der Waals surface area contributed by atoms with Gasteiger partial charge in [0.05, 0.1) is 11.6 Å². The SMILES string of the molecule is O=C1N(Cc2ccccc2)[C@@H](O)[C@H](Cc2ccccc2)NC12CCCCC2. The van der Waals surface area contributed by atoms with Crippen molar-refractivity contribution >= 4 is 5.91 Å². The van der Waals surface area contributed by atoms with Crippen LogP contribution in [0.25, 0.3) is 0 Å². The Hall–Kier alpha value is -2.17. The predicted octanol–water partition coefficient (Wildman–Crippen LogP) is 3.25. The fourth-order valence-electron chi connectivity index (χ4n) is 4.59. The fourth-order valence-corrected chi connectivity index (χ4v) is 4.59. The van der Waals surface area contributed by atoms with E-state index >= 15 is 0 Å². The van der Waals surface area contributed by atoms with Crippen LogP contribution in [-0.2, 0) is 17.8 Å². The van der Waals surface area contributed by atoms with Gasteiger partial charge in [-0.15, -0.1) is 0 Å². The Morgan fingerprint density at radius 3 is 2.15 bits per heavy atom. The van der Waals surface area contributed by atoms with Gasteiger partial charge in [-0.05, 0) is 30.4 Å². The predicted molar refractivity (Wildman–Crippen MR) is 106 cm³/mol. The lowest BCUT2D eigenvalue weighted by Crippen LogP contribution is -2.72. The minimum atomic E-state index is -0.828. The molecule has 2 aliphatic rings. The van der Waals surface area contributed by atoms with Crippen LogP contribution in [0.15, 0.2) is 60.7 Å². The molecule has 2 aromatic carbocycles. The molecule has 2 aromatic rings. The minimum absolute atomic E-state index is 0.0582. The van der Waals surface area contributed by atoms with Gasteiger partial charge in [0.1, 0.15) is 6.23 Å². The number of hydrogen-bond acceptors (Lipinski definition) is 3. The van der Waals surface area contributed by atoms with Gasteiger partial charge >= 0.3 is 0 Å². The molecule has 0 radical (unpaired) electrons. The third-order valence-corrected chi connectivity index (χ3v) is 6.01. The summed E-state index contributed by atoms with van der Waals surface area (Å²) < 4.78 is 0. The smallest absolute Gasteiger partial charge is 0.245 e. The molecule has 4 nitrogen and oxygen atoms in total. The number of aliphatic hydroxyl groups excluding tert-OH is 1. The van der Waals surface area contributed by atoms with E-state index in [0.29, 0.717) is 13.0 Å². The summed E-state index contributed by atoms with van der Waals surface area (Å²) in [6.45, 7) is 0.454. The molecule has 1 saturated carbocycles. The lowest BCUT2D eigenvalue weighted by molar-refractivity contribution is -0.165. The van der Waals surface area contributed by atoms with Crippen molar-refractivity contribution in [1.82, 2.24) is 10.2 Å². The Bertz CT molecular complexity index is 756. The summed E-state index contributed by atoms with van der Waals surface area (Å²) in [5.74, 6) is 0.0582. The number of hydrogen-bond donors (Lipinski definition) is 2.